The van der Waals surface area contributed by atoms with Gasteiger partial charge in [0.15, 0.2) is 0 Å². The lowest BCUT2D eigenvalue weighted by Crippen LogP contribution is -2.21. The van der Waals surface area contributed by atoms with Crippen LogP contribution in [0.15, 0.2) is 30.3 Å². The quantitative estimate of drug-likeness (QED) is 0.357. The van der Waals surface area contributed by atoms with Gasteiger partial charge in [-0.15, -0.1) is 0 Å². The van der Waals surface area contributed by atoms with E-state index in [2.05, 4.69) is 6.92 Å². The second kappa shape index (κ2) is 9.66. The fourth-order valence-electron chi connectivity index (χ4n) is 1.76. The molecule has 0 fully saturated rings. The molecule has 0 aromatic heterocycles. The number of benzene rings is 1. The fraction of sp³-hybridized carbons (Fsp3) is 0.533. The Kier molecular flexibility index (Phi) is 7.89. The topological polar surface area (TPSA) is 29.5 Å². The Morgan fingerprint density at radius 1 is 1.06 bits per heavy atom. The Bertz CT molecular complexity index is 314. The molecule has 0 saturated heterocycles. The van der Waals surface area contributed by atoms with Crippen molar-refractivity contribution >= 4 is 12.1 Å². The summed E-state index contributed by atoms with van der Waals surface area (Å²) in [7, 11) is 0. The second-order valence-corrected chi connectivity index (χ2v) is 4.32. The Morgan fingerprint density at radius 3 is 2.39 bits per heavy atom. The molecule has 0 saturated carbocycles. The summed E-state index contributed by atoms with van der Waals surface area (Å²) >= 11 is 0. The third kappa shape index (κ3) is 5.82. The van der Waals surface area contributed by atoms with Crippen molar-refractivity contribution in [3.63, 3.8) is 0 Å². The summed E-state index contributed by atoms with van der Waals surface area (Å²) in [5.41, 5.74) is 0.721. The van der Waals surface area contributed by atoms with Crippen LogP contribution in [-0.4, -0.2) is 13.0 Å². The maximum atomic E-state index is 10.8. The van der Waals surface area contributed by atoms with Crippen LogP contribution >= 0.6 is 0 Å². The van der Waals surface area contributed by atoms with Crippen molar-refractivity contribution in [1.29, 1.82) is 0 Å². The molecule has 1 amide bonds. The first-order chi connectivity index (χ1) is 8.88. The number of hydrogen-bond donors (Lipinski definition) is 0. The van der Waals surface area contributed by atoms with Crippen molar-refractivity contribution in [2.45, 2.75) is 45.4 Å². The molecule has 0 aliphatic heterocycles. The van der Waals surface area contributed by atoms with Crippen LogP contribution < -0.4 is 5.06 Å². The van der Waals surface area contributed by atoms with E-state index in [4.69, 9.17) is 4.84 Å². The minimum atomic E-state index is 0.566. The molecule has 1 radical (unpaired) electrons. The molecule has 99 valence electrons. The van der Waals surface area contributed by atoms with Crippen LogP contribution in [0.3, 0.4) is 0 Å². The smallest absolute Gasteiger partial charge is 0.266 e. The van der Waals surface area contributed by atoms with E-state index in [1.807, 2.05) is 30.3 Å². The maximum absolute atomic E-state index is 10.8. The number of hydrogen-bond acceptors (Lipinski definition) is 2. The molecule has 3 heteroatoms. The van der Waals surface area contributed by atoms with E-state index >= 15 is 0 Å². The van der Waals surface area contributed by atoms with Gasteiger partial charge in [-0.3, -0.25) is 9.63 Å². The molecule has 18 heavy (non-hydrogen) atoms. The molecule has 1 aromatic rings. The fourth-order valence-corrected chi connectivity index (χ4v) is 1.76. The van der Waals surface area contributed by atoms with E-state index in [1.54, 1.807) is 6.41 Å². The number of anilines is 1. The molecular weight excluding hydrogens is 226 g/mol. The van der Waals surface area contributed by atoms with E-state index in [0.29, 0.717) is 6.61 Å². The highest BCUT2D eigenvalue weighted by atomic mass is 16.7. The predicted molar refractivity (Wildman–Crippen MR) is 73.9 cm³/mol. The molecule has 0 atom stereocenters. The van der Waals surface area contributed by atoms with E-state index in [0.717, 1.165) is 18.5 Å². The first kappa shape index (κ1) is 14.7. The summed E-state index contributed by atoms with van der Waals surface area (Å²) in [5.74, 6) is 0. The zero-order valence-electron chi connectivity index (χ0n) is 11.1. The van der Waals surface area contributed by atoms with Crippen LogP contribution in [0.4, 0.5) is 5.69 Å². The largest absolute Gasteiger partial charge is 0.342 e. The van der Waals surface area contributed by atoms with Gasteiger partial charge in [0.05, 0.1) is 12.3 Å². The van der Waals surface area contributed by atoms with Gasteiger partial charge in [0, 0.05) is 0 Å². The third-order valence-corrected chi connectivity index (χ3v) is 2.79. The average molecular weight is 248 g/mol. The molecule has 0 bridgehead atoms. The Balaban J connectivity index is 2.15. The van der Waals surface area contributed by atoms with Gasteiger partial charge in [-0.1, -0.05) is 57.2 Å². The monoisotopic (exact) mass is 248 g/mol. The number of hydroxylamine groups is 1. The van der Waals surface area contributed by atoms with Gasteiger partial charge in [0.25, 0.3) is 0 Å². The van der Waals surface area contributed by atoms with Crippen LogP contribution in [0.5, 0.6) is 0 Å². The molecule has 1 aromatic carbocycles. The number of carbonyl (C=O) groups excluding carboxylic acids is 1. The van der Waals surface area contributed by atoms with Crippen molar-refractivity contribution in [2.24, 2.45) is 0 Å². The molecule has 0 heterocycles. The number of rotatable bonds is 10. The summed E-state index contributed by atoms with van der Waals surface area (Å²) in [6.45, 7) is 2.77. The first-order valence-electron chi connectivity index (χ1n) is 6.74. The summed E-state index contributed by atoms with van der Waals surface area (Å²) < 4.78 is 0. The second-order valence-electron chi connectivity index (χ2n) is 4.32. The van der Waals surface area contributed by atoms with Gasteiger partial charge in [0.1, 0.15) is 0 Å². The number of amides is 1. The first-order valence-corrected chi connectivity index (χ1v) is 6.74. The van der Waals surface area contributed by atoms with Crippen LogP contribution in [0, 0.1) is 0 Å². The zero-order valence-corrected chi connectivity index (χ0v) is 11.1. The molecule has 1 rings (SSSR count). The van der Waals surface area contributed by atoms with Crippen molar-refractivity contribution < 1.29 is 9.63 Å². The van der Waals surface area contributed by atoms with Crippen LogP contribution in [0.2, 0.25) is 0 Å². The highest BCUT2D eigenvalue weighted by Gasteiger charge is 2.05. The molecule has 0 unspecified atom stereocenters. The lowest BCUT2D eigenvalue weighted by atomic mass is 10.1. The molecular formula is C15H22NO2. The van der Waals surface area contributed by atoms with Crippen LogP contribution in [-0.2, 0) is 9.63 Å². The number of unbranched alkanes of at least 4 members (excludes halogenated alkanes) is 5. The van der Waals surface area contributed by atoms with Crippen molar-refractivity contribution in [3.8, 4) is 0 Å². The average Bonchev–Trinajstić information content (AvgIpc) is 2.43. The standard InChI is InChI=1S/C15H22NO2/c1-2-3-4-5-6-10-13-18-16(14-17)15-11-8-7-9-12-15/h7-9,11-12H,2-6,10,13H2,1H3. The van der Waals surface area contributed by atoms with Gasteiger partial charge in [-0.05, 0) is 18.6 Å². The van der Waals surface area contributed by atoms with Gasteiger partial charge in [-0.2, -0.15) is 5.06 Å². The van der Waals surface area contributed by atoms with Crippen molar-refractivity contribution in [2.75, 3.05) is 11.7 Å². The van der Waals surface area contributed by atoms with Gasteiger partial charge >= 0.3 is 6.41 Å². The van der Waals surface area contributed by atoms with E-state index < -0.39 is 0 Å². The maximum Gasteiger partial charge on any atom is 0.342 e. The van der Waals surface area contributed by atoms with E-state index in [9.17, 15) is 4.79 Å². The van der Waals surface area contributed by atoms with Crippen LogP contribution in [0.25, 0.3) is 0 Å². The van der Waals surface area contributed by atoms with Gasteiger partial charge in [0.2, 0.25) is 0 Å². The predicted octanol–water partition coefficient (Wildman–Crippen LogP) is 3.85. The van der Waals surface area contributed by atoms with E-state index in [1.165, 1.54) is 30.7 Å². The van der Waals surface area contributed by atoms with E-state index in [-0.39, 0.29) is 0 Å². The summed E-state index contributed by atoms with van der Waals surface area (Å²) in [6, 6.07) is 9.29. The SMILES string of the molecule is CCCCCCCCON([C]=O)c1ccccc1. The Hall–Kier alpha value is -1.35. The number of para-hydroxylation sites is 1. The van der Waals surface area contributed by atoms with Gasteiger partial charge < -0.3 is 0 Å². The molecule has 0 aliphatic rings. The van der Waals surface area contributed by atoms with Crippen molar-refractivity contribution in [3.05, 3.63) is 30.3 Å². The summed E-state index contributed by atoms with van der Waals surface area (Å²) in [4.78, 5) is 16.2. The third-order valence-electron chi connectivity index (χ3n) is 2.79. The minimum absolute atomic E-state index is 0.566. The Morgan fingerprint density at radius 2 is 1.72 bits per heavy atom. The normalized spacial score (nSPS) is 10.3. The lowest BCUT2D eigenvalue weighted by molar-refractivity contribution is 0.136. The van der Waals surface area contributed by atoms with Gasteiger partial charge in [-0.25, -0.2) is 0 Å². The molecule has 3 nitrogen and oxygen atoms in total. The lowest BCUT2D eigenvalue weighted by Gasteiger charge is -2.15. The molecule has 0 spiro atoms. The Labute approximate surface area is 110 Å². The minimum Gasteiger partial charge on any atom is -0.266 e. The number of nitrogens with zero attached hydrogens (tertiary/aromatic N) is 1. The highest BCUT2D eigenvalue weighted by Crippen LogP contribution is 2.12. The summed E-state index contributed by atoms with van der Waals surface area (Å²) in [5, 5.41) is 1.17. The molecule has 0 N–H and O–H groups in total. The van der Waals surface area contributed by atoms with Crippen LogP contribution in [0.1, 0.15) is 45.4 Å². The summed E-state index contributed by atoms with van der Waals surface area (Å²) in [6.07, 6.45) is 9.03. The highest BCUT2D eigenvalue weighted by molar-refractivity contribution is 5.72. The van der Waals surface area contributed by atoms with Crippen molar-refractivity contribution in [1.82, 2.24) is 0 Å². The zero-order chi connectivity index (χ0) is 13.1. The molecule has 0 aliphatic carbocycles.